The predicted octanol–water partition coefficient (Wildman–Crippen LogP) is 2.38. The molecule has 0 aliphatic heterocycles. The summed E-state index contributed by atoms with van der Waals surface area (Å²) in [5.41, 5.74) is 0.869. The first-order chi connectivity index (χ1) is 11.9. The molecular formula is C16H14BrN5O3. The maximum atomic E-state index is 12.3. The Kier molecular flexibility index (Phi) is 4.66. The Morgan fingerprint density at radius 2 is 1.96 bits per heavy atom. The van der Waals surface area contributed by atoms with Crippen LogP contribution in [0.3, 0.4) is 0 Å². The van der Waals surface area contributed by atoms with Gasteiger partial charge in [0.2, 0.25) is 0 Å². The third kappa shape index (κ3) is 3.77. The number of benzene rings is 1. The highest BCUT2D eigenvalue weighted by Gasteiger charge is 2.22. The quantitative estimate of drug-likeness (QED) is 0.680. The van der Waals surface area contributed by atoms with Crippen molar-refractivity contribution >= 4 is 33.6 Å². The minimum atomic E-state index is -1.22. The largest absolute Gasteiger partial charge is 0.477 e. The number of hydrogen-bond acceptors (Lipinski definition) is 4. The molecule has 9 heteroatoms. The highest BCUT2D eigenvalue weighted by Crippen LogP contribution is 2.14. The number of carboxylic acid groups (broad SMARTS) is 1. The van der Waals surface area contributed by atoms with Gasteiger partial charge in [-0.2, -0.15) is 10.2 Å². The lowest BCUT2D eigenvalue weighted by atomic mass is 10.2. The van der Waals surface area contributed by atoms with Gasteiger partial charge < -0.3 is 10.4 Å². The molecule has 128 valence electrons. The molecule has 2 aromatic heterocycles. The van der Waals surface area contributed by atoms with E-state index in [4.69, 9.17) is 0 Å². The van der Waals surface area contributed by atoms with Crippen molar-refractivity contribution in [3.8, 4) is 0 Å². The second-order valence-corrected chi connectivity index (χ2v) is 6.23. The summed E-state index contributed by atoms with van der Waals surface area (Å²) in [6.07, 6.45) is 2.95. The predicted molar refractivity (Wildman–Crippen MR) is 93.6 cm³/mol. The number of carbonyl (C=O) groups excluding carboxylic acids is 1. The average molecular weight is 404 g/mol. The summed E-state index contributed by atoms with van der Waals surface area (Å²) in [5.74, 6) is -1.45. The number of aromatic nitrogens is 4. The summed E-state index contributed by atoms with van der Waals surface area (Å²) in [7, 11) is 1.47. The molecule has 3 rings (SSSR count). The first kappa shape index (κ1) is 16.9. The Labute approximate surface area is 151 Å². The maximum absolute atomic E-state index is 12.3. The molecule has 1 amide bonds. The van der Waals surface area contributed by atoms with Gasteiger partial charge in [0.1, 0.15) is 0 Å². The van der Waals surface area contributed by atoms with E-state index >= 15 is 0 Å². The number of nitrogens with one attached hydrogen (secondary N) is 1. The Bertz CT molecular complexity index is 930. The molecule has 8 nitrogen and oxygen atoms in total. The van der Waals surface area contributed by atoms with Crippen LogP contribution in [0.25, 0.3) is 0 Å². The van der Waals surface area contributed by atoms with Gasteiger partial charge in [-0.1, -0.05) is 28.1 Å². The molecule has 0 saturated carbocycles. The van der Waals surface area contributed by atoms with Gasteiger partial charge in [-0.25, -0.2) is 4.79 Å². The van der Waals surface area contributed by atoms with E-state index in [1.165, 1.54) is 13.2 Å². The Morgan fingerprint density at radius 3 is 2.64 bits per heavy atom. The summed E-state index contributed by atoms with van der Waals surface area (Å²) in [6.45, 7) is 0.552. The van der Waals surface area contributed by atoms with Gasteiger partial charge in [-0.05, 0) is 17.7 Å². The van der Waals surface area contributed by atoms with Crippen LogP contribution in [0.4, 0.5) is 5.82 Å². The van der Waals surface area contributed by atoms with Gasteiger partial charge in [-0.3, -0.25) is 14.2 Å². The molecule has 25 heavy (non-hydrogen) atoms. The summed E-state index contributed by atoms with van der Waals surface area (Å²) in [4.78, 5) is 23.5. The Morgan fingerprint density at radius 1 is 1.24 bits per heavy atom. The van der Waals surface area contributed by atoms with E-state index in [0.29, 0.717) is 12.4 Å². The molecule has 0 fully saturated rings. The molecule has 3 aromatic rings. The van der Waals surface area contributed by atoms with E-state index < -0.39 is 11.9 Å². The SMILES string of the molecule is Cn1ncc(C(=O)Nc2ccn(Cc3ccc(Br)cc3)n2)c1C(=O)O. The number of carbonyl (C=O) groups is 2. The molecule has 1 aromatic carbocycles. The molecule has 0 radical (unpaired) electrons. The zero-order valence-electron chi connectivity index (χ0n) is 13.2. The highest BCUT2D eigenvalue weighted by molar-refractivity contribution is 9.10. The molecular weight excluding hydrogens is 390 g/mol. The Hall–Kier alpha value is -2.94. The van der Waals surface area contributed by atoms with Crippen LogP contribution >= 0.6 is 15.9 Å². The lowest BCUT2D eigenvalue weighted by Gasteiger charge is -2.03. The number of hydrogen-bond donors (Lipinski definition) is 2. The summed E-state index contributed by atoms with van der Waals surface area (Å²) in [6, 6.07) is 9.47. The van der Waals surface area contributed by atoms with Crippen molar-refractivity contribution in [2.24, 2.45) is 7.05 Å². The zero-order chi connectivity index (χ0) is 18.0. The van der Waals surface area contributed by atoms with E-state index in [1.54, 1.807) is 16.9 Å². The van der Waals surface area contributed by atoms with Gasteiger partial charge in [0.15, 0.2) is 11.5 Å². The van der Waals surface area contributed by atoms with Crippen LogP contribution < -0.4 is 5.32 Å². The van der Waals surface area contributed by atoms with E-state index in [1.807, 2.05) is 24.3 Å². The molecule has 0 spiro atoms. The standard InChI is InChI=1S/C16H14BrN5O3/c1-21-14(16(24)25)12(8-18-21)15(23)19-13-6-7-22(20-13)9-10-2-4-11(17)5-3-10/h2-8H,9H2,1H3,(H,24,25)(H,19,20,23). The fourth-order valence-electron chi connectivity index (χ4n) is 2.33. The van der Waals surface area contributed by atoms with Gasteiger partial charge in [0.05, 0.1) is 18.3 Å². The van der Waals surface area contributed by atoms with E-state index in [-0.39, 0.29) is 11.3 Å². The lowest BCUT2D eigenvalue weighted by molar-refractivity contribution is 0.0680. The summed E-state index contributed by atoms with van der Waals surface area (Å²) < 4.78 is 3.82. The van der Waals surface area contributed by atoms with Crippen molar-refractivity contribution in [2.45, 2.75) is 6.54 Å². The summed E-state index contributed by atoms with van der Waals surface area (Å²) in [5, 5.41) is 19.8. The van der Waals surface area contributed by atoms with Crippen molar-refractivity contribution in [3.63, 3.8) is 0 Å². The smallest absolute Gasteiger partial charge is 0.354 e. The molecule has 0 bridgehead atoms. The number of amides is 1. The van der Waals surface area contributed by atoms with Crippen LogP contribution in [0.5, 0.6) is 0 Å². The fraction of sp³-hybridized carbons (Fsp3) is 0.125. The number of carboxylic acids is 1. The number of rotatable bonds is 5. The highest BCUT2D eigenvalue weighted by atomic mass is 79.9. The maximum Gasteiger partial charge on any atom is 0.354 e. The number of aromatic carboxylic acids is 1. The van der Waals surface area contributed by atoms with Crippen LogP contribution in [0, 0.1) is 0 Å². The minimum Gasteiger partial charge on any atom is -0.477 e. The van der Waals surface area contributed by atoms with Crippen molar-refractivity contribution in [1.82, 2.24) is 19.6 Å². The second kappa shape index (κ2) is 6.89. The Balaban J connectivity index is 1.72. The molecule has 2 heterocycles. The van der Waals surface area contributed by atoms with Crippen molar-refractivity contribution < 1.29 is 14.7 Å². The van der Waals surface area contributed by atoms with Crippen LogP contribution in [0.2, 0.25) is 0 Å². The zero-order valence-corrected chi connectivity index (χ0v) is 14.8. The molecule has 2 N–H and O–H groups in total. The number of halogens is 1. The van der Waals surface area contributed by atoms with E-state index in [0.717, 1.165) is 14.7 Å². The van der Waals surface area contributed by atoms with Gasteiger partial charge in [0, 0.05) is 23.8 Å². The van der Waals surface area contributed by atoms with Crippen LogP contribution in [-0.4, -0.2) is 36.5 Å². The first-order valence-electron chi connectivity index (χ1n) is 7.28. The lowest BCUT2D eigenvalue weighted by Crippen LogP contribution is -2.17. The summed E-state index contributed by atoms with van der Waals surface area (Å²) >= 11 is 3.38. The van der Waals surface area contributed by atoms with E-state index in [9.17, 15) is 14.7 Å². The second-order valence-electron chi connectivity index (χ2n) is 5.31. The van der Waals surface area contributed by atoms with Crippen LogP contribution in [-0.2, 0) is 13.6 Å². The third-order valence-electron chi connectivity index (χ3n) is 3.53. The monoisotopic (exact) mass is 403 g/mol. The molecule has 0 aliphatic rings. The van der Waals surface area contributed by atoms with E-state index in [2.05, 4.69) is 31.4 Å². The van der Waals surface area contributed by atoms with Gasteiger partial charge in [-0.15, -0.1) is 0 Å². The fourth-order valence-corrected chi connectivity index (χ4v) is 2.60. The number of anilines is 1. The number of aryl methyl sites for hydroxylation is 1. The molecule has 0 atom stereocenters. The molecule has 0 unspecified atom stereocenters. The topological polar surface area (TPSA) is 102 Å². The van der Waals surface area contributed by atoms with Crippen molar-refractivity contribution in [3.05, 3.63) is 64.0 Å². The molecule has 0 aliphatic carbocycles. The normalized spacial score (nSPS) is 10.6. The molecule has 0 saturated heterocycles. The van der Waals surface area contributed by atoms with Crippen LogP contribution in [0.15, 0.2) is 47.2 Å². The van der Waals surface area contributed by atoms with Gasteiger partial charge >= 0.3 is 5.97 Å². The average Bonchev–Trinajstić information content (AvgIpc) is 3.16. The number of nitrogens with zero attached hydrogens (tertiary/aromatic N) is 4. The van der Waals surface area contributed by atoms with Crippen molar-refractivity contribution in [1.29, 1.82) is 0 Å². The third-order valence-corrected chi connectivity index (χ3v) is 4.05. The van der Waals surface area contributed by atoms with Gasteiger partial charge in [0.25, 0.3) is 5.91 Å². The van der Waals surface area contributed by atoms with Crippen LogP contribution in [0.1, 0.15) is 26.4 Å². The first-order valence-corrected chi connectivity index (χ1v) is 8.08. The minimum absolute atomic E-state index is 0.0162. The van der Waals surface area contributed by atoms with Crippen molar-refractivity contribution in [2.75, 3.05) is 5.32 Å².